The van der Waals surface area contributed by atoms with Crippen LogP contribution in [0.1, 0.15) is 6.42 Å². The molecular formula is C15H20N4O4. The number of rotatable bonds is 7. The Morgan fingerprint density at radius 3 is 2.35 bits per heavy atom. The molecule has 1 N–H and O–H groups in total. The fourth-order valence-corrected chi connectivity index (χ4v) is 2.41. The lowest BCUT2D eigenvalue weighted by molar-refractivity contribution is -0.137. The molecule has 124 valence electrons. The van der Waals surface area contributed by atoms with Gasteiger partial charge in [0.25, 0.3) is 11.8 Å². The van der Waals surface area contributed by atoms with E-state index < -0.39 is 0 Å². The molecule has 0 saturated carbocycles. The average molecular weight is 320 g/mol. The number of nitrogens with zero attached hydrogens (tertiary/aromatic N) is 3. The van der Waals surface area contributed by atoms with E-state index in [2.05, 4.69) is 11.9 Å². The van der Waals surface area contributed by atoms with E-state index >= 15 is 0 Å². The van der Waals surface area contributed by atoms with Gasteiger partial charge in [-0.25, -0.2) is 0 Å². The van der Waals surface area contributed by atoms with Crippen molar-refractivity contribution in [1.82, 2.24) is 20.0 Å². The standard InChI is InChI=1S/C15H20N4O4/c1-12(18-8-6-17(11-20)7-9-18)10-16-13(21)4-5-19-14(22)2-3-15(19)23/h2-3,11H,1,4-10H2,(H,16,21). The summed E-state index contributed by atoms with van der Waals surface area (Å²) in [5, 5.41) is 2.73. The molecule has 0 spiro atoms. The molecule has 2 heterocycles. The summed E-state index contributed by atoms with van der Waals surface area (Å²) in [7, 11) is 0. The number of hydrogen-bond acceptors (Lipinski definition) is 5. The number of carbonyl (C=O) groups is 4. The van der Waals surface area contributed by atoms with Crippen LogP contribution in [0.3, 0.4) is 0 Å². The van der Waals surface area contributed by atoms with E-state index in [4.69, 9.17) is 0 Å². The Hall–Kier alpha value is -2.64. The quantitative estimate of drug-likeness (QED) is 0.465. The van der Waals surface area contributed by atoms with E-state index in [1.54, 1.807) is 4.90 Å². The lowest BCUT2D eigenvalue weighted by Crippen LogP contribution is -2.46. The Labute approximate surface area is 134 Å². The zero-order valence-electron chi connectivity index (χ0n) is 12.9. The minimum atomic E-state index is -0.389. The van der Waals surface area contributed by atoms with Crippen molar-refractivity contribution in [2.24, 2.45) is 0 Å². The number of piperazine rings is 1. The second kappa shape index (κ2) is 7.57. The van der Waals surface area contributed by atoms with Gasteiger partial charge in [-0.05, 0) is 0 Å². The predicted octanol–water partition coefficient (Wildman–Crippen LogP) is -1.29. The largest absolute Gasteiger partial charge is 0.370 e. The van der Waals surface area contributed by atoms with Crippen molar-refractivity contribution in [1.29, 1.82) is 0 Å². The van der Waals surface area contributed by atoms with Gasteiger partial charge >= 0.3 is 0 Å². The van der Waals surface area contributed by atoms with E-state index in [9.17, 15) is 19.2 Å². The third kappa shape index (κ3) is 4.41. The van der Waals surface area contributed by atoms with Crippen LogP contribution in [0.4, 0.5) is 0 Å². The molecule has 1 fully saturated rings. The molecule has 0 unspecified atom stereocenters. The van der Waals surface area contributed by atoms with Gasteiger partial charge in [-0.15, -0.1) is 0 Å². The highest BCUT2D eigenvalue weighted by molar-refractivity contribution is 6.13. The summed E-state index contributed by atoms with van der Waals surface area (Å²) in [6.45, 7) is 6.98. The van der Waals surface area contributed by atoms with Gasteiger partial charge < -0.3 is 15.1 Å². The van der Waals surface area contributed by atoms with Crippen molar-refractivity contribution < 1.29 is 19.2 Å². The van der Waals surface area contributed by atoms with Crippen LogP contribution < -0.4 is 5.32 Å². The van der Waals surface area contributed by atoms with Crippen molar-refractivity contribution in [3.05, 3.63) is 24.4 Å². The highest BCUT2D eigenvalue weighted by atomic mass is 16.2. The first-order valence-electron chi connectivity index (χ1n) is 7.43. The number of amides is 4. The summed E-state index contributed by atoms with van der Waals surface area (Å²) in [6, 6.07) is 0. The van der Waals surface area contributed by atoms with Crippen LogP contribution in [0.15, 0.2) is 24.4 Å². The van der Waals surface area contributed by atoms with Gasteiger partial charge in [0.1, 0.15) is 0 Å². The van der Waals surface area contributed by atoms with Crippen LogP contribution in [0.2, 0.25) is 0 Å². The number of imide groups is 1. The van der Waals surface area contributed by atoms with Gasteiger partial charge in [0.05, 0.1) is 6.54 Å². The topological polar surface area (TPSA) is 90.0 Å². The van der Waals surface area contributed by atoms with Crippen LogP contribution >= 0.6 is 0 Å². The number of carbonyl (C=O) groups excluding carboxylic acids is 4. The second-order valence-electron chi connectivity index (χ2n) is 5.38. The summed E-state index contributed by atoms with van der Waals surface area (Å²) >= 11 is 0. The highest BCUT2D eigenvalue weighted by Crippen LogP contribution is 2.07. The normalized spacial score (nSPS) is 17.7. The SMILES string of the molecule is C=C(CNC(=O)CCN1C(=O)C=CC1=O)N1CCN(C=O)CC1. The average Bonchev–Trinajstić information content (AvgIpc) is 2.89. The molecule has 0 aromatic heterocycles. The van der Waals surface area contributed by atoms with E-state index in [-0.39, 0.29) is 30.7 Å². The maximum absolute atomic E-state index is 11.8. The Balaban J connectivity index is 1.66. The predicted molar refractivity (Wildman–Crippen MR) is 81.8 cm³/mol. The molecule has 8 nitrogen and oxygen atoms in total. The summed E-state index contributed by atoms with van der Waals surface area (Å²) in [5.41, 5.74) is 0.777. The molecule has 0 radical (unpaired) electrons. The highest BCUT2D eigenvalue weighted by Gasteiger charge is 2.23. The molecule has 0 bridgehead atoms. The first-order chi connectivity index (χ1) is 11.0. The molecule has 2 aliphatic heterocycles. The molecule has 2 rings (SSSR count). The third-order valence-electron chi connectivity index (χ3n) is 3.86. The number of nitrogens with one attached hydrogen (secondary N) is 1. The fourth-order valence-electron chi connectivity index (χ4n) is 2.41. The smallest absolute Gasteiger partial charge is 0.253 e. The molecule has 0 atom stereocenters. The van der Waals surface area contributed by atoms with E-state index in [1.807, 2.05) is 4.90 Å². The van der Waals surface area contributed by atoms with Crippen molar-refractivity contribution in [2.75, 3.05) is 39.3 Å². The summed E-state index contributed by atoms with van der Waals surface area (Å²) in [5.74, 6) is -1.02. The van der Waals surface area contributed by atoms with E-state index in [0.29, 0.717) is 32.7 Å². The summed E-state index contributed by atoms with van der Waals surface area (Å²) in [6.07, 6.45) is 3.28. The minimum Gasteiger partial charge on any atom is -0.370 e. The monoisotopic (exact) mass is 320 g/mol. The Morgan fingerprint density at radius 2 is 1.78 bits per heavy atom. The zero-order valence-corrected chi connectivity index (χ0v) is 12.9. The zero-order chi connectivity index (χ0) is 16.8. The van der Waals surface area contributed by atoms with Crippen LogP contribution in [0.25, 0.3) is 0 Å². The van der Waals surface area contributed by atoms with Crippen molar-refractivity contribution in [3.8, 4) is 0 Å². The molecule has 0 aromatic rings. The Morgan fingerprint density at radius 1 is 1.17 bits per heavy atom. The second-order valence-corrected chi connectivity index (χ2v) is 5.38. The van der Waals surface area contributed by atoms with Crippen molar-refractivity contribution >= 4 is 24.1 Å². The van der Waals surface area contributed by atoms with Crippen molar-refractivity contribution in [3.63, 3.8) is 0 Å². The Bertz CT molecular complexity index is 532. The van der Waals surface area contributed by atoms with Gasteiger partial charge in [0.2, 0.25) is 12.3 Å². The van der Waals surface area contributed by atoms with Gasteiger partial charge in [-0.2, -0.15) is 0 Å². The molecule has 23 heavy (non-hydrogen) atoms. The van der Waals surface area contributed by atoms with Gasteiger partial charge in [0, 0.05) is 57.0 Å². The lowest BCUT2D eigenvalue weighted by Gasteiger charge is -2.35. The molecule has 8 heteroatoms. The molecule has 0 aliphatic carbocycles. The summed E-state index contributed by atoms with van der Waals surface area (Å²) < 4.78 is 0. The van der Waals surface area contributed by atoms with E-state index in [0.717, 1.165) is 17.0 Å². The van der Waals surface area contributed by atoms with Gasteiger partial charge in [-0.1, -0.05) is 6.58 Å². The van der Waals surface area contributed by atoms with Crippen LogP contribution in [0.5, 0.6) is 0 Å². The fraction of sp³-hybridized carbons (Fsp3) is 0.467. The van der Waals surface area contributed by atoms with Crippen molar-refractivity contribution in [2.45, 2.75) is 6.42 Å². The Kier molecular flexibility index (Phi) is 5.51. The maximum Gasteiger partial charge on any atom is 0.253 e. The maximum atomic E-state index is 11.8. The molecule has 4 amide bonds. The van der Waals surface area contributed by atoms with E-state index in [1.165, 1.54) is 12.2 Å². The number of hydrogen-bond donors (Lipinski definition) is 1. The third-order valence-corrected chi connectivity index (χ3v) is 3.86. The first-order valence-corrected chi connectivity index (χ1v) is 7.43. The van der Waals surface area contributed by atoms with Gasteiger partial charge in [0.15, 0.2) is 0 Å². The van der Waals surface area contributed by atoms with Crippen LogP contribution in [-0.2, 0) is 19.2 Å². The van der Waals surface area contributed by atoms with Crippen LogP contribution in [-0.4, -0.2) is 78.1 Å². The van der Waals surface area contributed by atoms with Gasteiger partial charge in [-0.3, -0.25) is 24.1 Å². The first kappa shape index (κ1) is 16.7. The molecular weight excluding hydrogens is 300 g/mol. The van der Waals surface area contributed by atoms with Crippen LogP contribution in [0, 0.1) is 0 Å². The minimum absolute atomic E-state index is 0.0609. The molecule has 0 aromatic carbocycles. The summed E-state index contributed by atoms with van der Waals surface area (Å²) in [4.78, 5) is 49.9. The molecule has 1 saturated heterocycles. The molecule has 2 aliphatic rings. The lowest BCUT2D eigenvalue weighted by atomic mass is 10.3.